The Labute approximate surface area is 114 Å². The zero-order chi connectivity index (χ0) is 14.9. The van der Waals surface area contributed by atoms with Gasteiger partial charge in [-0.2, -0.15) is 13.2 Å². The molecule has 0 aliphatic carbocycles. The number of hydrogen-bond acceptors (Lipinski definition) is 4. The summed E-state index contributed by atoms with van der Waals surface area (Å²) in [6, 6.07) is 2.26. The third-order valence-corrected chi connectivity index (χ3v) is 3.62. The second kappa shape index (κ2) is 5.43. The number of aromatic nitrogens is 1. The van der Waals surface area contributed by atoms with Crippen molar-refractivity contribution in [1.29, 1.82) is 0 Å². The molecule has 0 spiro atoms. The quantitative estimate of drug-likeness (QED) is 0.520. The summed E-state index contributed by atoms with van der Waals surface area (Å²) in [5.41, 5.74) is 1.97. The summed E-state index contributed by atoms with van der Waals surface area (Å²) >= 11 is 0.314. The lowest BCUT2D eigenvalue weighted by molar-refractivity contribution is -0.137. The average molecular weight is 309 g/mol. The molecule has 0 fully saturated rings. The molecule has 0 saturated carbocycles. The Kier molecular flexibility index (Phi) is 4.02. The van der Waals surface area contributed by atoms with E-state index in [1.54, 1.807) is 0 Å². The van der Waals surface area contributed by atoms with Gasteiger partial charge in [-0.05, 0) is 6.07 Å². The number of benzene rings is 1. The minimum absolute atomic E-state index is 0.0318. The summed E-state index contributed by atoms with van der Waals surface area (Å²) in [7, 11) is 0. The number of nitrogens with two attached hydrogens (primary N) is 1. The molecule has 0 amide bonds. The molecule has 0 saturated heterocycles. The standard InChI is InChI=1S/C11H8F5N3S/c12-6-3-1-2-5(8(6)13)9(19-17)7-4-18-10(20-7)11(14,15)16/h1-4,9,19H,17H2. The minimum atomic E-state index is -4.59. The fourth-order valence-corrected chi connectivity index (χ4v) is 2.48. The Morgan fingerprint density at radius 3 is 2.50 bits per heavy atom. The SMILES string of the molecule is NNC(c1cnc(C(F)(F)F)s1)c1cccc(F)c1F. The summed E-state index contributed by atoms with van der Waals surface area (Å²) in [4.78, 5) is 3.25. The Hall–Kier alpha value is -1.58. The smallest absolute Gasteiger partial charge is 0.271 e. The van der Waals surface area contributed by atoms with E-state index in [2.05, 4.69) is 10.4 Å². The van der Waals surface area contributed by atoms with Crippen LogP contribution < -0.4 is 11.3 Å². The van der Waals surface area contributed by atoms with Crippen molar-refractivity contribution in [1.82, 2.24) is 10.4 Å². The second-order valence-corrected chi connectivity index (χ2v) is 4.87. The molecule has 0 bridgehead atoms. The van der Waals surface area contributed by atoms with Crippen LogP contribution in [0, 0.1) is 11.6 Å². The van der Waals surface area contributed by atoms with Crippen molar-refractivity contribution in [3.63, 3.8) is 0 Å². The number of hydrogen-bond donors (Lipinski definition) is 2. The number of nitrogens with zero attached hydrogens (tertiary/aromatic N) is 1. The average Bonchev–Trinajstić information content (AvgIpc) is 2.85. The number of alkyl halides is 3. The molecule has 3 nitrogen and oxygen atoms in total. The van der Waals surface area contributed by atoms with Gasteiger partial charge in [0.05, 0.1) is 6.04 Å². The van der Waals surface area contributed by atoms with Crippen LogP contribution in [-0.4, -0.2) is 4.98 Å². The number of thiazole rings is 1. The predicted molar refractivity (Wildman–Crippen MR) is 62.6 cm³/mol. The summed E-state index contributed by atoms with van der Waals surface area (Å²) in [5, 5.41) is -1.08. The van der Waals surface area contributed by atoms with E-state index in [1.807, 2.05) is 0 Å². The number of nitrogens with one attached hydrogen (secondary N) is 1. The first-order chi connectivity index (χ1) is 9.34. The molecule has 0 aliphatic heterocycles. The van der Waals surface area contributed by atoms with Gasteiger partial charge in [-0.1, -0.05) is 12.1 Å². The van der Waals surface area contributed by atoms with Gasteiger partial charge in [0.15, 0.2) is 16.6 Å². The molecule has 0 aliphatic rings. The fraction of sp³-hybridized carbons (Fsp3) is 0.182. The van der Waals surface area contributed by atoms with Gasteiger partial charge in [0.1, 0.15) is 0 Å². The molecule has 108 valence electrons. The van der Waals surface area contributed by atoms with Gasteiger partial charge in [-0.15, -0.1) is 11.3 Å². The Bertz CT molecular complexity index is 610. The monoisotopic (exact) mass is 309 g/mol. The lowest BCUT2D eigenvalue weighted by Gasteiger charge is -2.15. The van der Waals surface area contributed by atoms with Crippen molar-refractivity contribution in [2.24, 2.45) is 5.84 Å². The predicted octanol–water partition coefficient (Wildman–Crippen LogP) is 2.99. The maximum atomic E-state index is 13.7. The zero-order valence-corrected chi connectivity index (χ0v) is 10.5. The van der Waals surface area contributed by atoms with E-state index in [4.69, 9.17) is 5.84 Å². The fourth-order valence-electron chi connectivity index (χ4n) is 1.62. The Balaban J connectivity index is 2.43. The van der Waals surface area contributed by atoms with Gasteiger partial charge >= 0.3 is 6.18 Å². The summed E-state index contributed by atoms with van der Waals surface area (Å²) in [6.45, 7) is 0. The molecule has 0 radical (unpaired) electrons. The van der Waals surface area contributed by atoms with Gasteiger partial charge in [-0.25, -0.2) is 19.2 Å². The lowest BCUT2D eigenvalue weighted by atomic mass is 10.1. The van der Waals surface area contributed by atoms with Crippen LogP contribution in [0.15, 0.2) is 24.4 Å². The van der Waals surface area contributed by atoms with Crippen LogP contribution >= 0.6 is 11.3 Å². The van der Waals surface area contributed by atoms with E-state index < -0.39 is 28.9 Å². The van der Waals surface area contributed by atoms with E-state index in [-0.39, 0.29) is 10.4 Å². The van der Waals surface area contributed by atoms with Gasteiger partial charge in [0, 0.05) is 16.6 Å². The van der Waals surface area contributed by atoms with E-state index in [9.17, 15) is 22.0 Å². The topological polar surface area (TPSA) is 50.9 Å². The van der Waals surface area contributed by atoms with E-state index in [1.165, 1.54) is 12.1 Å². The minimum Gasteiger partial charge on any atom is -0.271 e. The molecular weight excluding hydrogens is 301 g/mol. The van der Waals surface area contributed by atoms with Gasteiger partial charge in [0.25, 0.3) is 0 Å². The van der Waals surface area contributed by atoms with Crippen molar-refractivity contribution in [2.75, 3.05) is 0 Å². The van der Waals surface area contributed by atoms with Crippen LogP contribution in [0.1, 0.15) is 21.5 Å². The highest BCUT2D eigenvalue weighted by Crippen LogP contribution is 2.36. The summed E-state index contributed by atoms with van der Waals surface area (Å²) in [5.74, 6) is 2.96. The molecule has 2 aromatic rings. The third-order valence-electron chi connectivity index (χ3n) is 2.51. The summed E-state index contributed by atoms with van der Waals surface area (Å²) < 4.78 is 64.2. The van der Waals surface area contributed by atoms with Gasteiger partial charge in [0.2, 0.25) is 0 Å². The van der Waals surface area contributed by atoms with Gasteiger partial charge < -0.3 is 0 Å². The van der Waals surface area contributed by atoms with Crippen LogP contribution in [0.25, 0.3) is 0 Å². The molecule has 3 N–H and O–H groups in total. The molecule has 9 heteroatoms. The molecule has 2 rings (SSSR count). The van der Waals surface area contributed by atoms with Crippen LogP contribution in [0.5, 0.6) is 0 Å². The first kappa shape index (κ1) is 14.8. The van der Waals surface area contributed by atoms with Crippen molar-refractivity contribution in [2.45, 2.75) is 12.2 Å². The van der Waals surface area contributed by atoms with E-state index in [0.29, 0.717) is 11.3 Å². The molecule has 20 heavy (non-hydrogen) atoms. The molecule has 1 heterocycles. The first-order valence-corrected chi connectivity index (χ1v) is 6.09. The van der Waals surface area contributed by atoms with Crippen molar-refractivity contribution in [3.05, 3.63) is 51.5 Å². The highest BCUT2D eigenvalue weighted by Gasteiger charge is 2.35. The third kappa shape index (κ3) is 2.79. The Morgan fingerprint density at radius 2 is 1.95 bits per heavy atom. The molecular formula is C11H8F5N3S. The normalized spacial score (nSPS) is 13.5. The van der Waals surface area contributed by atoms with E-state index >= 15 is 0 Å². The lowest BCUT2D eigenvalue weighted by Crippen LogP contribution is -2.29. The summed E-state index contributed by atoms with van der Waals surface area (Å²) in [6.07, 6.45) is -3.66. The van der Waals surface area contributed by atoms with Crippen molar-refractivity contribution < 1.29 is 22.0 Å². The van der Waals surface area contributed by atoms with E-state index in [0.717, 1.165) is 12.3 Å². The molecule has 1 aromatic carbocycles. The van der Waals surface area contributed by atoms with Crippen LogP contribution in [0.3, 0.4) is 0 Å². The second-order valence-electron chi connectivity index (χ2n) is 3.81. The van der Waals surface area contributed by atoms with Crippen LogP contribution in [0.2, 0.25) is 0 Å². The van der Waals surface area contributed by atoms with Gasteiger partial charge in [-0.3, -0.25) is 5.84 Å². The maximum Gasteiger partial charge on any atom is 0.443 e. The molecule has 1 unspecified atom stereocenters. The van der Waals surface area contributed by atoms with Crippen molar-refractivity contribution >= 4 is 11.3 Å². The number of halogens is 5. The highest BCUT2D eigenvalue weighted by atomic mass is 32.1. The zero-order valence-electron chi connectivity index (χ0n) is 9.71. The Morgan fingerprint density at radius 1 is 1.25 bits per heavy atom. The largest absolute Gasteiger partial charge is 0.443 e. The maximum absolute atomic E-state index is 13.7. The highest BCUT2D eigenvalue weighted by molar-refractivity contribution is 7.11. The molecule has 1 aromatic heterocycles. The molecule has 1 atom stereocenters. The number of rotatable bonds is 3. The van der Waals surface area contributed by atoms with Crippen LogP contribution in [0.4, 0.5) is 22.0 Å². The first-order valence-electron chi connectivity index (χ1n) is 5.27. The number of hydrazine groups is 1. The van der Waals surface area contributed by atoms with Crippen LogP contribution in [-0.2, 0) is 6.18 Å². The van der Waals surface area contributed by atoms with Crippen molar-refractivity contribution in [3.8, 4) is 0 Å².